The van der Waals surface area contributed by atoms with Gasteiger partial charge in [0.25, 0.3) is 5.91 Å². The monoisotopic (exact) mass is 448 g/mol. The minimum absolute atomic E-state index is 0.0198. The molecule has 2 aromatic heterocycles. The number of aromatic nitrogens is 2. The van der Waals surface area contributed by atoms with Gasteiger partial charge in [0.05, 0.1) is 10.4 Å². The van der Waals surface area contributed by atoms with Crippen molar-refractivity contribution in [2.75, 3.05) is 17.6 Å². The normalized spacial score (nSPS) is 16.1. The summed E-state index contributed by atoms with van der Waals surface area (Å²) in [5.41, 5.74) is 11.2. The van der Waals surface area contributed by atoms with E-state index in [9.17, 15) is 24.6 Å². The van der Waals surface area contributed by atoms with Crippen molar-refractivity contribution < 1.29 is 24.6 Å². The van der Waals surface area contributed by atoms with Gasteiger partial charge in [0.1, 0.15) is 11.9 Å². The van der Waals surface area contributed by atoms with Gasteiger partial charge < -0.3 is 32.3 Å². The molecule has 0 bridgehead atoms. The predicted octanol–water partition coefficient (Wildman–Crippen LogP) is 0.491. The summed E-state index contributed by atoms with van der Waals surface area (Å²) >= 11 is 1.29. The molecule has 11 nitrogen and oxygen atoms in total. The number of carboxylic acid groups (broad SMARTS) is 1. The first-order chi connectivity index (χ1) is 14.7. The number of thiophene rings is 1. The molecule has 2 amide bonds. The van der Waals surface area contributed by atoms with E-state index in [-0.39, 0.29) is 30.6 Å². The highest BCUT2D eigenvalue weighted by molar-refractivity contribution is 7.14. The van der Waals surface area contributed by atoms with Crippen LogP contribution in [-0.2, 0) is 22.4 Å². The second kappa shape index (κ2) is 9.60. The Morgan fingerprint density at radius 2 is 2.10 bits per heavy atom. The van der Waals surface area contributed by atoms with Gasteiger partial charge in [-0.3, -0.25) is 9.59 Å². The molecule has 3 heterocycles. The van der Waals surface area contributed by atoms with Crippen molar-refractivity contribution in [1.29, 1.82) is 0 Å². The number of carboxylic acids is 1. The molecule has 2 aromatic rings. The van der Waals surface area contributed by atoms with E-state index in [2.05, 4.69) is 20.6 Å². The van der Waals surface area contributed by atoms with E-state index in [0.717, 1.165) is 17.7 Å². The van der Waals surface area contributed by atoms with E-state index in [1.165, 1.54) is 11.3 Å². The summed E-state index contributed by atoms with van der Waals surface area (Å²) in [5, 5.41) is 24.8. The Kier molecular flexibility index (Phi) is 6.90. The van der Waals surface area contributed by atoms with Crippen molar-refractivity contribution >= 4 is 40.9 Å². The molecule has 0 spiro atoms. The van der Waals surface area contributed by atoms with Crippen LogP contribution >= 0.6 is 11.3 Å². The third-order valence-corrected chi connectivity index (χ3v) is 6.16. The summed E-state index contributed by atoms with van der Waals surface area (Å²) in [5.74, 6) is -1.63. The van der Waals surface area contributed by atoms with Gasteiger partial charge in [-0.1, -0.05) is 0 Å². The van der Waals surface area contributed by atoms with E-state index >= 15 is 0 Å². The molecule has 0 saturated heterocycles. The number of carbonyl (C=O) groups excluding carboxylic acids is 2. The lowest BCUT2D eigenvalue weighted by Crippen LogP contribution is -2.41. The number of anilines is 2. The summed E-state index contributed by atoms with van der Waals surface area (Å²) in [6.45, 7) is 0.682. The highest BCUT2D eigenvalue weighted by Crippen LogP contribution is 2.32. The molecule has 0 aliphatic carbocycles. The van der Waals surface area contributed by atoms with Gasteiger partial charge in [0.15, 0.2) is 0 Å². The van der Waals surface area contributed by atoms with Gasteiger partial charge in [-0.05, 0) is 43.7 Å². The summed E-state index contributed by atoms with van der Waals surface area (Å²) in [6.07, 6.45) is 1.97. The number of fused-ring (bicyclic) bond motifs is 1. The van der Waals surface area contributed by atoms with Gasteiger partial charge in [0, 0.05) is 17.8 Å². The van der Waals surface area contributed by atoms with Gasteiger partial charge in [-0.15, -0.1) is 11.3 Å². The minimum Gasteiger partial charge on any atom is -0.493 e. The van der Waals surface area contributed by atoms with Crippen molar-refractivity contribution in [3.63, 3.8) is 0 Å². The number of aryl methyl sites for hydroxylation is 1. The molecular weight excluding hydrogens is 424 g/mol. The van der Waals surface area contributed by atoms with Crippen LogP contribution in [0.3, 0.4) is 0 Å². The zero-order valence-corrected chi connectivity index (χ0v) is 17.4. The third kappa shape index (κ3) is 5.81. The third-order valence-electron chi connectivity index (χ3n) is 5.02. The SMILES string of the molecule is NC(=O)CC[C@H](NC(=O)c1ccc(CC[C@@H]2CNc3nc(N)nc(O)c3C2)s1)C(=O)O. The van der Waals surface area contributed by atoms with Crippen LogP contribution in [0.2, 0.25) is 0 Å². The van der Waals surface area contributed by atoms with Crippen LogP contribution in [0.4, 0.5) is 11.8 Å². The molecule has 2 atom stereocenters. The average Bonchev–Trinajstić information content (AvgIpc) is 3.18. The Bertz CT molecular complexity index is 994. The van der Waals surface area contributed by atoms with Crippen LogP contribution in [0.5, 0.6) is 5.88 Å². The van der Waals surface area contributed by atoms with Crippen molar-refractivity contribution in [3.8, 4) is 5.88 Å². The molecule has 3 rings (SSSR count). The number of hydrogen-bond donors (Lipinski definition) is 6. The van der Waals surface area contributed by atoms with Crippen LogP contribution < -0.4 is 22.1 Å². The first-order valence-corrected chi connectivity index (χ1v) is 10.5. The number of nitrogens with zero attached hydrogens (tertiary/aromatic N) is 2. The number of amides is 2. The standard InChI is InChI=1S/C19H24N6O5S/c20-14(26)6-4-12(18(29)30)23-17(28)13-5-3-10(31-13)2-1-9-7-11-15(22-8-9)24-19(21)25-16(11)27/h3,5,9,12H,1-2,4,6-8H2,(H2,20,26)(H,23,28)(H,29,30)(H4,21,22,24,25,27)/t9-,12-/m0/s1. The number of carbonyl (C=O) groups is 3. The number of nitrogens with two attached hydrogens (primary N) is 2. The second-order valence-corrected chi connectivity index (χ2v) is 8.53. The molecule has 12 heteroatoms. The quantitative estimate of drug-likeness (QED) is 0.316. The lowest BCUT2D eigenvalue weighted by molar-refractivity contribution is -0.139. The molecule has 0 saturated carbocycles. The number of aromatic hydroxyl groups is 1. The van der Waals surface area contributed by atoms with Gasteiger partial charge >= 0.3 is 5.97 Å². The molecule has 1 aliphatic rings. The highest BCUT2D eigenvalue weighted by atomic mass is 32.1. The number of aliphatic carboxylic acids is 1. The maximum Gasteiger partial charge on any atom is 0.326 e. The van der Waals surface area contributed by atoms with E-state index in [1.807, 2.05) is 6.07 Å². The molecule has 0 aromatic carbocycles. The fourth-order valence-electron chi connectivity index (χ4n) is 3.38. The Hall–Kier alpha value is -3.41. The zero-order valence-electron chi connectivity index (χ0n) is 16.6. The molecule has 0 radical (unpaired) electrons. The largest absolute Gasteiger partial charge is 0.493 e. The molecule has 0 unspecified atom stereocenters. The predicted molar refractivity (Wildman–Crippen MR) is 114 cm³/mol. The van der Waals surface area contributed by atoms with Crippen LogP contribution in [0.25, 0.3) is 0 Å². The minimum atomic E-state index is -1.22. The Labute approximate surface area is 181 Å². The average molecular weight is 449 g/mol. The Morgan fingerprint density at radius 3 is 2.81 bits per heavy atom. The van der Waals surface area contributed by atoms with Crippen LogP contribution in [0.1, 0.15) is 39.4 Å². The molecule has 1 aliphatic heterocycles. The molecule has 166 valence electrons. The van der Waals surface area contributed by atoms with Crippen LogP contribution in [-0.4, -0.2) is 50.6 Å². The fourth-order valence-corrected chi connectivity index (χ4v) is 4.31. The highest BCUT2D eigenvalue weighted by Gasteiger charge is 2.24. The summed E-state index contributed by atoms with van der Waals surface area (Å²) in [7, 11) is 0. The van der Waals surface area contributed by atoms with Crippen molar-refractivity contribution in [2.45, 2.75) is 38.1 Å². The second-order valence-electron chi connectivity index (χ2n) is 7.36. The first-order valence-electron chi connectivity index (χ1n) is 9.72. The zero-order chi connectivity index (χ0) is 22.5. The molecule has 31 heavy (non-hydrogen) atoms. The Morgan fingerprint density at radius 1 is 1.32 bits per heavy atom. The number of rotatable bonds is 9. The summed E-state index contributed by atoms with van der Waals surface area (Å²) in [4.78, 5) is 43.8. The van der Waals surface area contributed by atoms with Gasteiger partial charge in [-0.25, -0.2) is 4.79 Å². The molecule has 8 N–H and O–H groups in total. The van der Waals surface area contributed by atoms with Gasteiger partial charge in [-0.2, -0.15) is 9.97 Å². The number of nitrogen functional groups attached to an aromatic ring is 1. The van der Waals surface area contributed by atoms with E-state index < -0.39 is 23.8 Å². The smallest absolute Gasteiger partial charge is 0.326 e. The van der Waals surface area contributed by atoms with Crippen molar-refractivity contribution in [2.24, 2.45) is 11.7 Å². The Balaban J connectivity index is 1.54. The molecular formula is C19H24N6O5S. The van der Waals surface area contributed by atoms with Crippen molar-refractivity contribution in [3.05, 3.63) is 27.5 Å². The number of primary amides is 1. The maximum absolute atomic E-state index is 12.4. The lowest BCUT2D eigenvalue weighted by Gasteiger charge is -2.25. The fraction of sp³-hybridized carbons (Fsp3) is 0.421. The van der Waals surface area contributed by atoms with Crippen LogP contribution in [0, 0.1) is 5.92 Å². The van der Waals surface area contributed by atoms with Crippen molar-refractivity contribution in [1.82, 2.24) is 15.3 Å². The van der Waals surface area contributed by atoms with Gasteiger partial charge in [0.2, 0.25) is 17.7 Å². The van der Waals surface area contributed by atoms with E-state index in [1.54, 1.807) is 6.07 Å². The first kappa shape index (κ1) is 22.3. The van der Waals surface area contributed by atoms with E-state index in [0.29, 0.717) is 29.2 Å². The maximum atomic E-state index is 12.4. The van der Waals surface area contributed by atoms with E-state index in [4.69, 9.17) is 11.5 Å². The summed E-state index contributed by atoms with van der Waals surface area (Å²) in [6, 6.07) is 2.31. The lowest BCUT2D eigenvalue weighted by atomic mass is 9.92. The van der Waals surface area contributed by atoms with Crippen LogP contribution in [0.15, 0.2) is 12.1 Å². The number of nitrogens with one attached hydrogen (secondary N) is 2. The summed E-state index contributed by atoms with van der Waals surface area (Å²) < 4.78 is 0. The number of hydrogen-bond acceptors (Lipinski definition) is 9. The molecule has 0 fully saturated rings. The topological polar surface area (TPSA) is 194 Å².